The molecule has 2 atom stereocenters. The van der Waals surface area contributed by atoms with Crippen molar-refractivity contribution < 1.29 is 28.8 Å². The molecule has 310 valence electrons. The molecule has 61 heavy (non-hydrogen) atoms. The third-order valence-electron chi connectivity index (χ3n) is 10.0. The Balaban J connectivity index is 1.14. The predicted molar refractivity (Wildman–Crippen MR) is 238 cm³/mol. The molecule has 6 aromatic carbocycles. The average Bonchev–Trinajstić information content (AvgIpc) is 3.68. The number of nitrogens with zero attached hydrogens (tertiary/aromatic N) is 4. The number of aliphatic imine (C=N–C) groups is 1. The van der Waals surface area contributed by atoms with Crippen LogP contribution in [0.1, 0.15) is 45.9 Å². The highest BCUT2D eigenvalue weighted by Gasteiger charge is 2.54. The van der Waals surface area contributed by atoms with Crippen molar-refractivity contribution in [2.24, 2.45) is 10.1 Å². The lowest BCUT2D eigenvalue weighted by Gasteiger charge is -2.31. The summed E-state index contributed by atoms with van der Waals surface area (Å²) in [6.45, 7) is 1.54. The molecule has 0 saturated carbocycles. The SMILES string of the molecule is [N-]=[N+]=Nc1ccccc1C[C@]1(C(=O)NNCCc2ccc(OCc3ccccc3)c(OCc3ccccc3)c2)N=C(c2ccc(OCCCO)cc2)O[C@H]1c1ccccc1Br. The van der Waals surface area contributed by atoms with Gasteiger partial charge >= 0.3 is 0 Å². The van der Waals surface area contributed by atoms with Crippen LogP contribution in [0, 0.1) is 0 Å². The summed E-state index contributed by atoms with van der Waals surface area (Å²) in [5, 5.41) is 13.1. The van der Waals surface area contributed by atoms with Crippen LogP contribution in [0.5, 0.6) is 17.2 Å². The number of aliphatic hydroxyl groups is 1. The summed E-state index contributed by atoms with van der Waals surface area (Å²) >= 11 is 3.70. The van der Waals surface area contributed by atoms with E-state index in [1.165, 1.54) is 0 Å². The number of azide groups is 1. The number of nitrogens with one attached hydrogen (secondary N) is 2. The quantitative estimate of drug-likeness (QED) is 0.0226. The molecule has 0 fully saturated rings. The van der Waals surface area contributed by atoms with Crippen molar-refractivity contribution in [1.82, 2.24) is 10.9 Å². The summed E-state index contributed by atoms with van der Waals surface area (Å²) in [6, 6.07) is 47.7. The third kappa shape index (κ3) is 11.0. The van der Waals surface area contributed by atoms with Crippen LogP contribution in [-0.4, -0.2) is 42.2 Å². The van der Waals surface area contributed by atoms with Crippen LogP contribution in [0.15, 0.2) is 166 Å². The van der Waals surface area contributed by atoms with Gasteiger partial charge in [-0.3, -0.25) is 10.2 Å². The number of hydrogen-bond donors (Lipinski definition) is 3. The van der Waals surface area contributed by atoms with Crippen LogP contribution >= 0.6 is 15.9 Å². The van der Waals surface area contributed by atoms with Gasteiger partial charge < -0.3 is 24.1 Å². The fraction of sp³-hybridized carbons (Fsp3) is 0.208. The standard InChI is InChI=1S/C48H45BrN6O6/c49-41-18-9-8-17-40(41)45-48(31-38-16-7-10-19-42(38)53-55-50,52-46(61-45)37-21-23-39(24-22-37)58-29-11-28-56)47(57)54-51-27-26-34-20-25-43(59-32-35-12-3-1-4-13-35)44(30-34)60-33-36-14-5-2-6-15-36/h1-10,12-25,30,45,51,56H,11,26-29,31-33H2,(H,54,57)/t45-,48-/m0/s1. The third-order valence-corrected chi connectivity index (χ3v) is 10.8. The molecule has 1 aliphatic heterocycles. The second kappa shape index (κ2) is 21.1. The minimum atomic E-state index is -1.57. The highest BCUT2D eigenvalue weighted by molar-refractivity contribution is 9.10. The van der Waals surface area contributed by atoms with Crippen molar-refractivity contribution in [2.45, 2.75) is 44.1 Å². The smallest absolute Gasteiger partial charge is 0.266 e. The average molecular weight is 882 g/mol. The molecule has 3 N–H and O–H groups in total. The van der Waals surface area contributed by atoms with Gasteiger partial charge in [-0.25, -0.2) is 10.4 Å². The van der Waals surface area contributed by atoms with Gasteiger partial charge in [-0.1, -0.05) is 130 Å². The zero-order valence-corrected chi connectivity index (χ0v) is 34.9. The number of carbonyl (C=O) groups excluding carboxylic acids is 1. The Morgan fingerprint density at radius 1 is 0.803 bits per heavy atom. The molecule has 1 heterocycles. The molecule has 6 aromatic rings. The zero-order valence-electron chi connectivity index (χ0n) is 33.3. The maximum Gasteiger partial charge on any atom is 0.266 e. The molecule has 7 rings (SSSR count). The predicted octanol–water partition coefficient (Wildman–Crippen LogP) is 9.67. The highest BCUT2D eigenvalue weighted by atomic mass is 79.9. The lowest BCUT2D eigenvalue weighted by atomic mass is 9.81. The topological polar surface area (TPSA) is 159 Å². The Bertz CT molecular complexity index is 2470. The molecule has 0 aliphatic carbocycles. The summed E-state index contributed by atoms with van der Waals surface area (Å²) < 4.78 is 25.7. The van der Waals surface area contributed by atoms with E-state index in [1.807, 2.05) is 127 Å². The largest absolute Gasteiger partial charge is 0.494 e. The Labute approximate surface area is 362 Å². The molecule has 0 unspecified atom stereocenters. The van der Waals surface area contributed by atoms with Crippen molar-refractivity contribution in [3.8, 4) is 17.2 Å². The van der Waals surface area contributed by atoms with Gasteiger partial charge in [0.25, 0.3) is 5.91 Å². The van der Waals surface area contributed by atoms with Crippen molar-refractivity contribution in [1.29, 1.82) is 0 Å². The fourth-order valence-corrected chi connectivity index (χ4v) is 7.40. The molecule has 13 heteroatoms. The lowest BCUT2D eigenvalue weighted by Crippen LogP contribution is -2.54. The highest BCUT2D eigenvalue weighted by Crippen LogP contribution is 2.45. The number of rotatable bonds is 20. The molecule has 0 radical (unpaired) electrons. The summed E-state index contributed by atoms with van der Waals surface area (Å²) in [7, 11) is 0. The fourth-order valence-electron chi connectivity index (χ4n) is 6.91. The van der Waals surface area contributed by atoms with Crippen molar-refractivity contribution >= 4 is 33.4 Å². The first-order valence-corrected chi connectivity index (χ1v) is 20.7. The van der Waals surface area contributed by atoms with Gasteiger partial charge in [0.2, 0.25) is 5.90 Å². The molecular formula is C48H45BrN6O6. The van der Waals surface area contributed by atoms with Gasteiger partial charge in [0.15, 0.2) is 23.1 Å². The van der Waals surface area contributed by atoms with E-state index in [9.17, 15) is 10.3 Å². The molecule has 1 aliphatic rings. The molecule has 0 saturated heterocycles. The van der Waals surface area contributed by atoms with Crippen LogP contribution in [0.25, 0.3) is 10.4 Å². The summed E-state index contributed by atoms with van der Waals surface area (Å²) in [5.41, 5.74) is 19.3. The van der Waals surface area contributed by atoms with Crippen LogP contribution in [0.3, 0.4) is 0 Å². The van der Waals surface area contributed by atoms with E-state index in [0.29, 0.717) is 78.8 Å². The number of carbonyl (C=O) groups is 1. The van der Waals surface area contributed by atoms with Gasteiger partial charge in [0, 0.05) is 52.2 Å². The Morgan fingerprint density at radius 2 is 1.48 bits per heavy atom. The second-order valence-corrected chi connectivity index (χ2v) is 15.1. The van der Waals surface area contributed by atoms with Gasteiger partial charge in [-0.15, -0.1) is 0 Å². The van der Waals surface area contributed by atoms with Crippen LogP contribution in [-0.2, 0) is 35.6 Å². The second-order valence-electron chi connectivity index (χ2n) is 14.3. The van der Waals surface area contributed by atoms with Gasteiger partial charge in [0.05, 0.1) is 6.61 Å². The van der Waals surface area contributed by atoms with E-state index in [4.69, 9.17) is 29.0 Å². The number of halogens is 1. The Hall–Kier alpha value is -6.63. The first kappa shape index (κ1) is 42.5. The van der Waals surface area contributed by atoms with Gasteiger partial charge in [-0.2, -0.15) is 0 Å². The molecule has 0 aromatic heterocycles. The van der Waals surface area contributed by atoms with Gasteiger partial charge in [-0.05, 0) is 76.7 Å². The number of benzene rings is 6. The zero-order chi connectivity index (χ0) is 42.3. The molecule has 0 bridgehead atoms. The summed E-state index contributed by atoms with van der Waals surface area (Å²) in [5.74, 6) is 1.68. The van der Waals surface area contributed by atoms with Crippen molar-refractivity contribution in [3.05, 3.63) is 200 Å². The maximum atomic E-state index is 14.9. The Morgan fingerprint density at radius 3 is 2.18 bits per heavy atom. The van der Waals surface area contributed by atoms with Crippen molar-refractivity contribution in [2.75, 3.05) is 19.8 Å². The van der Waals surface area contributed by atoms with Crippen LogP contribution in [0.2, 0.25) is 0 Å². The van der Waals surface area contributed by atoms with E-state index in [2.05, 4.69) is 36.8 Å². The number of amides is 1. The monoisotopic (exact) mass is 880 g/mol. The first-order valence-electron chi connectivity index (χ1n) is 19.9. The summed E-state index contributed by atoms with van der Waals surface area (Å²) in [6.07, 6.45) is 0.195. The number of ether oxygens (including phenoxy) is 4. The van der Waals surface area contributed by atoms with E-state index >= 15 is 0 Å². The molecular weight excluding hydrogens is 836 g/mol. The maximum absolute atomic E-state index is 14.9. The van der Waals surface area contributed by atoms with E-state index in [1.54, 1.807) is 24.3 Å². The normalized spacial score (nSPS) is 15.5. The first-order chi connectivity index (χ1) is 30.0. The Kier molecular flexibility index (Phi) is 14.7. The molecule has 0 spiro atoms. The number of hydrazine groups is 1. The minimum Gasteiger partial charge on any atom is -0.494 e. The minimum absolute atomic E-state index is 0.0319. The number of hydrogen-bond acceptors (Lipinski definition) is 9. The van der Waals surface area contributed by atoms with Crippen LogP contribution in [0.4, 0.5) is 5.69 Å². The molecule has 12 nitrogen and oxygen atoms in total. The van der Waals surface area contributed by atoms with E-state index in [-0.39, 0.29) is 18.9 Å². The lowest BCUT2D eigenvalue weighted by molar-refractivity contribution is -0.130. The van der Waals surface area contributed by atoms with Crippen LogP contribution < -0.4 is 25.1 Å². The van der Waals surface area contributed by atoms with Gasteiger partial charge in [0.1, 0.15) is 19.0 Å². The van der Waals surface area contributed by atoms with Crippen molar-refractivity contribution in [3.63, 3.8) is 0 Å². The van der Waals surface area contributed by atoms with E-state index < -0.39 is 17.6 Å². The molecule has 1 amide bonds. The summed E-state index contributed by atoms with van der Waals surface area (Å²) in [4.78, 5) is 23.0. The number of aliphatic hydroxyl groups excluding tert-OH is 1. The van der Waals surface area contributed by atoms with E-state index in [0.717, 1.165) is 21.2 Å².